The van der Waals surface area contributed by atoms with E-state index in [1.165, 1.54) is 10.9 Å². The minimum absolute atomic E-state index is 0.0123. The van der Waals surface area contributed by atoms with Crippen LogP contribution in [0.4, 0.5) is 5.82 Å². The maximum Gasteiger partial charge on any atom is 0.246 e. The molecule has 0 atom stereocenters. The summed E-state index contributed by atoms with van der Waals surface area (Å²) in [6.45, 7) is 2.06. The first-order valence-corrected chi connectivity index (χ1v) is 7.07. The number of aromatic nitrogens is 3. The molecule has 7 nitrogen and oxygen atoms in total. The van der Waals surface area contributed by atoms with Crippen molar-refractivity contribution < 1.29 is 8.42 Å². The van der Waals surface area contributed by atoms with Crippen LogP contribution in [0.2, 0.25) is 0 Å². The largest absolute Gasteiger partial charge is 0.381 e. The van der Waals surface area contributed by atoms with Gasteiger partial charge in [0.1, 0.15) is 4.90 Å². The quantitative estimate of drug-likeness (QED) is 0.832. The zero-order valence-electron chi connectivity index (χ0n) is 10.7. The van der Waals surface area contributed by atoms with Gasteiger partial charge >= 0.3 is 0 Å². The third kappa shape index (κ3) is 2.91. The molecule has 2 heterocycles. The molecule has 2 aromatic rings. The molecule has 0 radical (unpaired) electrons. The van der Waals surface area contributed by atoms with Gasteiger partial charge in [-0.2, -0.15) is 5.10 Å². The molecule has 0 amide bonds. The molecule has 102 valence electrons. The average molecular weight is 281 g/mol. The van der Waals surface area contributed by atoms with Crippen molar-refractivity contribution in [3.05, 3.63) is 35.8 Å². The number of anilines is 1. The van der Waals surface area contributed by atoms with E-state index in [-0.39, 0.29) is 17.3 Å². The third-order valence-electron chi connectivity index (χ3n) is 2.70. The Kier molecular flexibility index (Phi) is 3.54. The smallest absolute Gasteiger partial charge is 0.246 e. The maximum atomic E-state index is 12.1. The fourth-order valence-electron chi connectivity index (χ4n) is 1.64. The summed E-state index contributed by atoms with van der Waals surface area (Å²) in [6.07, 6.45) is 4.67. The first-order chi connectivity index (χ1) is 8.90. The van der Waals surface area contributed by atoms with E-state index in [0.29, 0.717) is 0 Å². The SMILES string of the molecule is Cc1cnccc1CNS(=O)(=O)c1cn(C)nc1N. The summed E-state index contributed by atoms with van der Waals surface area (Å²) in [7, 11) is -2.05. The lowest BCUT2D eigenvalue weighted by Crippen LogP contribution is -2.24. The van der Waals surface area contributed by atoms with E-state index in [1.54, 1.807) is 25.5 Å². The zero-order chi connectivity index (χ0) is 14.0. The normalized spacial score (nSPS) is 11.7. The first-order valence-electron chi connectivity index (χ1n) is 5.58. The first kappa shape index (κ1) is 13.5. The monoisotopic (exact) mass is 281 g/mol. The van der Waals surface area contributed by atoms with Crippen LogP contribution in [0.3, 0.4) is 0 Å². The van der Waals surface area contributed by atoms with Gasteiger partial charge in [0.15, 0.2) is 5.82 Å². The number of nitrogen functional groups attached to an aromatic ring is 1. The highest BCUT2D eigenvalue weighted by atomic mass is 32.2. The predicted molar refractivity (Wildman–Crippen MR) is 70.6 cm³/mol. The van der Waals surface area contributed by atoms with Crippen LogP contribution < -0.4 is 10.5 Å². The van der Waals surface area contributed by atoms with Crippen LogP contribution in [0, 0.1) is 6.92 Å². The fraction of sp³-hybridized carbons (Fsp3) is 0.273. The summed E-state index contributed by atoms with van der Waals surface area (Å²) in [5.41, 5.74) is 7.35. The number of hydrogen-bond donors (Lipinski definition) is 2. The van der Waals surface area contributed by atoms with Crippen molar-refractivity contribution in [3.8, 4) is 0 Å². The Bertz CT molecular complexity index is 693. The lowest BCUT2D eigenvalue weighted by molar-refractivity contribution is 0.581. The lowest BCUT2D eigenvalue weighted by Gasteiger charge is -2.07. The van der Waals surface area contributed by atoms with Crippen LogP contribution in [0.5, 0.6) is 0 Å². The minimum Gasteiger partial charge on any atom is -0.381 e. The maximum absolute atomic E-state index is 12.1. The number of nitrogens with zero attached hydrogens (tertiary/aromatic N) is 3. The van der Waals surface area contributed by atoms with Gasteiger partial charge in [0.25, 0.3) is 0 Å². The van der Waals surface area contributed by atoms with E-state index in [2.05, 4.69) is 14.8 Å². The highest BCUT2D eigenvalue weighted by Gasteiger charge is 2.20. The van der Waals surface area contributed by atoms with Gasteiger partial charge in [-0.15, -0.1) is 0 Å². The number of rotatable bonds is 4. The van der Waals surface area contributed by atoms with E-state index < -0.39 is 10.0 Å². The second-order valence-corrected chi connectivity index (χ2v) is 5.91. The van der Waals surface area contributed by atoms with Gasteiger partial charge in [-0.05, 0) is 24.1 Å². The number of hydrogen-bond acceptors (Lipinski definition) is 5. The van der Waals surface area contributed by atoms with E-state index >= 15 is 0 Å². The molecule has 0 saturated carbocycles. The molecule has 0 aliphatic rings. The number of pyridine rings is 1. The van der Waals surface area contributed by atoms with Crippen molar-refractivity contribution in [3.63, 3.8) is 0 Å². The second-order valence-electron chi connectivity index (χ2n) is 4.18. The van der Waals surface area contributed by atoms with Crippen molar-refractivity contribution in [1.29, 1.82) is 0 Å². The molecule has 0 spiro atoms. The highest BCUT2D eigenvalue weighted by Crippen LogP contribution is 2.16. The summed E-state index contributed by atoms with van der Waals surface area (Å²) in [6, 6.07) is 1.77. The Morgan fingerprint density at radius 1 is 1.47 bits per heavy atom. The van der Waals surface area contributed by atoms with Crippen molar-refractivity contribution in [2.45, 2.75) is 18.4 Å². The molecule has 19 heavy (non-hydrogen) atoms. The number of aryl methyl sites for hydroxylation is 2. The Balaban J connectivity index is 2.19. The molecule has 0 aromatic carbocycles. The van der Waals surface area contributed by atoms with Crippen LogP contribution >= 0.6 is 0 Å². The molecular formula is C11H15N5O2S. The summed E-state index contributed by atoms with van der Waals surface area (Å²) < 4.78 is 28.0. The van der Waals surface area contributed by atoms with E-state index in [9.17, 15) is 8.42 Å². The van der Waals surface area contributed by atoms with Gasteiger partial charge < -0.3 is 5.73 Å². The van der Waals surface area contributed by atoms with Crippen LogP contribution in [0.15, 0.2) is 29.6 Å². The van der Waals surface area contributed by atoms with Gasteiger partial charge in [0, 0.05) is 32.2 Å². The third-order valence-corrected chi connectivity index (χ3v) is 4.12. The summed E-state index contributed by atoms with van der Waals surface area (Å²) >= 11 is 0. The van der Waals surface area contributed by atoms with Crippen LogP contribution in [0.1, 0.15) is 11.1 Å². The molecule has 2 aromatic heterocycles. The summed E-state index contributed by atoms with van der Waals surface area (Å²) in [4.78, 5) is 3.94. The van der Waals surface area contributed by atoms with Gasteiger partial charge in [0.05, 0.1) is 0 Å². The second kappa shape index (κ2) is 4.98. The zero-order valence-corrected chi connectivity index (χ0v) is 11.5. The van der Waals surface area contributed by atoms with Crippen molar-refractivity contribution in [2.24, 2.45) is 7.05 Å². The molecule has 0 fully saturated rings. The van der Waals surface area contributed by atoms with Gasteiger partial charge in [0.2, 0.25) is 10.0 Å². The van der Waals surface area contributed by atoms with Crippen LogP contribution in [-0.4, -0.2) is 23.2 Å². The van der Waals surface area contributed by atoms with Crippen molar-refractivity contribution in [1.82, 2.24) is 19.5 Å². The lowest BCUT2D eigenvalue weighted by atomic mass is 10.2. The van der Waals surface area contributed by atoms with Gasteiger partial charge in [-0.25, -0.2) is 13.1 Å². The molecule has 0 bridgehead atoms. The summed E-state index contributed by atoms with van der Waals surface area (Å²) in [5.74, 6) is -0.0125. The van der Waals surface area contributed by atoms with E-state index in [4.69, 9.17) is 5.73 Å². The van der Waals surface area contributed by atoms with Crippen LogP contribution in [-0.2, 0) is 23.6 Å². The van der Waals surface area contributed by atoms with E-state index in [1.807, 2.05) is 6.92 Å². The van der Waals surface area contributed by atoms with Crippen molar-refractivity contribution in [2.75, 3.05) is 5.73 Å². The fourth-order valence-corrected chi connectivity index (χ4v) is 2.75. The highest BCUT2D eigenvalue weighted by molar-refractivity contribution is 7.89. The molecule has 0 aliphatic carbocycles. The number of nitrogens with one attached hydrogen (secondary N) is 1. The van der Waals surface area contributed by atoms with Gasteiger partial charge in [-0.3, -0.25) is 9.67 Å². The Hall–Kier alpha value is -1.93. The molecule has 2 rings (SSSR count). The van der Waals surface area contributed by atoms with E-state index in [0.717, 1.165) is 11.1 Å². The minimum atomic E-state index is -3.66. The molecule has 0 aliphatic heterocycles. The Labute approximate surface area is 111 Å². The summed E-state index contributed by atoms with van der Waals surface area (Å²) in [5, 5.41) is 3.82. The predicted octanol–water partition coefficient (Wildman–Crippen LogP) is 0.184. The Morgan fingerprint density at radius 3 is 2.79 bits per heavy atom. The van der Waals surface area contributed by atoms with Crippen LogP contribution in [0.25, 0.3) is 0 Å². The topological polar surface area (TPSA) is 103 Å². The van der Waals surface area contributed by atoms with Crippen molar-refractivity contribution >= 4 is 15.8 Å². The molecule has 0 saturated heterocycles. The molecule has 0 unspecified atom stereocenters. The average Bonchev–Trinajstić information content (AvgIpc) is 2.68. The molecule has 3 N–H and O–H groups in total. The number of sulfonamides is 1. The number of nitrogens with two attached hydrogens (primary N) is 1. The Morgan fingerprint density at radius 2 is 2.21 bits per heavy atom. The molecular weight excluding hydrogens is 266 g/mol. The van der Waals surface area contributed by atoms with Gasteiger partial charge in [-0.1, -0.05) is 0 Å². The molecule has 8 heteroatoms. The standard InChI is InChI=1S/C11H15N5O2S/c1-8-5-13-4-3-9(8)6-14-19(17,18)10-7-16(2)15-11(10)12/h3-5,7,14H,6H2,1-2H3,(H2,12,15).